The summed E-state index contributed by atoms with van der Waals surface area (Å²) in [5, 5.41) is 29.6. The molecule has 2 aromatic rings. The molecule has 10 nitrogen and oxygen atoms in total. The number of nitrogens with one attached hydrogen (secondary N) is 4. The van der Waals surface area contributed by atoms with Gasteiger partial charge in [-0.1, -0.05) is 43.4 Å². The molecule has 0 unspecified atom stereocenters. The largest absolute Gasteiger partial charge is 0.337 e. The highest BCUT2D eigenvalue weighted by Crippen LogP contribution is 2.45. The zero-order valence-electron chi connectivity index (χ0n) is 17.8. The predicted molar refractivity (Wildman–Crippen MR) is 118 cm³/mol. The quantitative estimate of drug-likeness (QED) is 0.548. The van der Waals surface area contributed by atoms with Crippen LogP contribution in [0.15, 0.2) is 0 Å². The van der Waals surface area contributed by atoms with E-state index in [0.29, 0.717) is 16.8 Å². The van der Waals surface area contributed by atoms with Crippen LogP contribution in [0.2, 0.25) is 0 Å². The van der Waals surface area contributed by atoms with Gasteiger partial charge in [0.25, 0.3) is 0 Å². The third-order valence-corrected chi connectivity index (χ3v) is 6.46. The topological polar surface area (TPSA) is 134 Å². The number of aromatic nitrogens is 4. The third kappa shape index (κ3) is 6.33. The fraction of sp³-hybridized carbons (Fsp3) is 0.667. The zero-order valence-corrected chi connectivity index (χ0v) is 19.5. The molecule has 0 bridgehead atoms. The molecule has 0 aromatic carbocycles. The van der Waals surface area contributed by atoms with Crippen LogP contribution in [0.25, 0.3) is 0 Å². The van der Waals surface area contributed by atoms with E-state index in [-0.39, 0.29) is 28.9 Å². The van der Waals surface area contributed by atoms with Crippen molar-refractivity contribution >= 4 is 45.0 Å². The molecule has 4 N–H and O–H groups in total. The lowest BCUT2D eigenvalue weighted by molar-refractivity contribution is 0.0761. The molecule has 0 radical (unpaired) electrons. The Balaban J connectivity index is 1.55. The summed E-state index contributed by atoms with van der Waals surface area (Å²) in [4.78, 5) is 24.7. The molecule has 1 saturated carbocycles. The van der Waals surface area contributed by atoms with Crippen LogP contribution in [0, 0.1) is 24.7 Å². The lowest BCUT2D eigenvalue weighted by Crippen LogP contribution is -2.51. The Morgan fingerprint density at radius 2 is 1.50 bits per heavy atom. The normalized spacial score (nSPS) is 22.9. The van der Waals surface area contributed by atoms with Crippen LogP contribution in [-0.2, 0) is 0 Å². The van der Waals surface area contributed by atoms with Gasteiger partial charge in [-0.05, 0) is 43.9 Å². The van der Waals surface area contributed by atoms with Gasteiger partial charge < -0.3 is 10.6 Å². The molecule has 3 rings (SSSR count). The van der Waals surface area contributed by atoms with E-state index in [1.807, 2.05) is 13.8 Å². The second kappa shape index (κ2) is 8.80. The summed E-state index contributed by atoms with van der Waals surface area (Å²) in [6, 6.07) is -0.596. The number of hydrogen-bond donors (Lipinski definition) is 4. The summed E-state index contributed by atoms with van der Waals surface area (Å²) in [7, 11) is 0. The summed E-state index contributed by atoms with van der Waals surface area (Å²) >= 11 is 2.66. The minimum absolute atomic E-state index is 0.0107. The molecule has 2 heterocycles. The Morgan fingerprint density at radius 3 is 2.03 bits per heavy atom. The van der Waals surface area contributed by atoms with Crippen molar-refractivity contribution in [1.82, 2.24) is 31.0 Å². The second-order valence-corrected chi connectivity index (χ2v) is 11.3. The van der Waals surface area contributed by atoms with Crippen LogP contribution in [0.1, 0.15) is 50.0 Å². The molecule has 1 aliphatic rings. The van der Waals surface area contributed by atoms with E-state index in [1.54, 1.807) is 0 Å². The van der Waals surface area contributed by atoms with Crippen LogP contribution >= 0.6 is 22.7 Å². The van der Waals surface area contributed by atoms with Crippen LogP contribution in [0.3, 0.4) is 0 Å². The van der Waals surface area contributed by atoms with Crippen molar-refractivity contribution in [2.45, 2.75) is 59.9 Å². The van der Waals surface area contributed by atoms with Gasteiger partial charge in [0, 0.05) is 12.6 Å². The van der Waals surface area contributed by atoms with E-state index in [4.69, 9.17) is 0 Å². The van der Waals surface area contributed by atoms with Crippen LogP contribution in [-0.4, -0.2) is 45.0 Å². The van der Waals surface area contributed by atoms with Crippen molar-refractivity contribution < 1.29 is 9.59 Å². The smallest absolute Gasteiger partial charge is 0.321 e. The monoisotopic (exact) mass is 452 g/mol. The number of carbonyl (C=O) groups is 2. The highest BCUT2D eigenvalue weighted by molar-refractivity contribution is 7.15. The predicted octanol–water partition coefficient (Wildman–Crippen LogP) is 3.53. The molecular weight excluding hydrogens is 424 g/mol. The first-order valence-electron chi connectivity index (χ1n) is 9.75. The molecule has 2 aromatic heterocycles. The number of rotatable bonds is 5. The molecule has 2 atom stereocenters. The number of carbonyl (C=O) groups excluding carboxylic acids is 2. The molecule has 0 spiro atoms. The van der Waals surface area contributed by atoms with E-state index in [9.17, 15) is 9.59 Å². The van der Waals surface area contributed by atoms with Gasteiger partial charge in [0.2, 0.25) is 10.3 Å². The average molecular weight is 453 g/mol. The number of urea groups is 2. The summed E-state index contributed by atoms with van der Waals surface area (Å²) in [5.41, 5.74) is -0.133. The molecule has 164 valence electrons. The Kier molecular flexibility index (Phi) is 6.56. The second-order valence-electron chi connectivity index (χ2n) is 8.92. The Bertz CT molecular complexity index is 912. The number of anilines is 2. The fourth-order valence-electron chi connectivity index (χ4n) is 4.32. The lowest BCUT2D eigenvalue weighted by atomic mass is 9.62. The van der Waals surface area contributed by atoms with E-state index in [2.05, 4.69) is 62.4 Å². The zero-order chi connectivity index (χ0) is 21.9. The first-order valence-corrected chi connectivity index (χ1v) is 11.4. The molecule has 0 aliphatic heterocycles. The van der Waals surface area contributed by atoms with Crippen molar-refractivity contribution in [3.63, 3.8) is 0 Å². The lowest BCUT2D eigenvalue weighted by Gasteiger charge is -2.46. The summed E-state index contributed by atoms with van der Waals surface area (Å²) in [6.45, 7) is 10.7. The maximum atomic E-state index is 12.4. The van der Waals surface area contributed by atoms with E-state index in [1.165, 1.54) is 22.7 Å². The third-order valence-electron chi connectivity index (χ3n) is 4.95. The SMILES string of the molecule is Cc1nnc(NC(=O)NC[C@]2(C)C[C@@H](NC(=O)Nc3nnc(C)s3)CC(C)(C)C2)s1. The summed E-state index contributed by atoms with van der Waals surface area (Å²) in [6.07, 6.45) is 2.56. The number of amides is 4. The van der Waals surface area contributed by atoms with E-state index >= 15 is 0 Å². The summed E-state index contributed by atoms with van der Waals surface area (Å²) < 4.78 is 0. The molecule has 4 amide bonds. The van der Waals surface area contributed by atoms with Gasteiger partial charge in [0.05, 0.1) is 0 Å². The van der Waals surface area contributed by atoms with Crippen LogP contribution < -0.4 is 21.3 Å². The van der Waals surface area contributed by atoms with Gasteiger partial charge in [-0.25, -0.2) is 9.59 Å². The van der Waals surface area contributed by atoms with Crippen LogP contribution in [0.5, 0.6) is 0 Å². The molecule has 1 aliphatic carbocycles. The number of hydrogen-bond acceptors (Lipinski definition) is 8. The van der Waals surface area contributed by atoms with E-state index in [0.717, 1.165) is 29.3 Å². The average Bonchev–Trinajstić information content (AvgIpc) is 3.19. The molecule has 30 heavy (non-hydrogen) atoms. The maximum Gasteiger partial charge on any atom is 0.321 e. The van der Waals surface area contributed by atoms with Gasteiger partial charge in [0.15, 0.2) is 0 Å². The molecule has 1 fully saturated rings. The van der Waals surface area contributed by atoms with Gasteiger partial charge in [-0.2, -0.15) is 0 Å². The minimum Gasteiger partial charge on any atom is -0.337 e. The first-order chi connectivity index (χ1) is 14.0. The number of nitrogens with zero attached hydrogens (tertiary/aromatic N) is 4. The Hall–Kier alpha value is -2.34. The van der Waals surface area contributed by atoms with Gasteiger partial charge in [-0.3, -0.25) is 10.6 Å². The van der Waals surface area contributed by atoms with Crippen molar-refractivity contribution in [3.8, 4) is 0 Å². The molecule has 0 saturated heterocycles. The van der Waals surface area contributed by atoms with Gasteiger partial charge in [-0.15, -0.1) is 20.4 Å². The van der Waals surface area contributed by atoms with Gasteiger partial charge in [0.1, 0.15) is 10.0 Å². The van der Waals surface area contributed by atoms with Gasteiger partial charge >= 0.3 is 12.1 Å². The van der Waals surface area contributed by atoms with Crippen molar-refractivity contribution in [2.75, 3.05) is 17.2 Å². The van der Waals surface area contributed by atoms with Crippen molar-refractivity contribution in [2.24, 2.45) is 10.8 Å². The standard InChI is InChI=1S/C18H28N8O2S2/c1-10-23-25-15(29-10)21-13(27)19-9-18(5)7-12(6-17(3,4)8-18)20-14(28)22-16-26-24-11(2)30-16/h12H,6-9H2,1-5H3,(H2,19,21,25,27)(H2,20,22,26,28)/t12-,18+/m0/s1. The number of aryl methyl sites for hydroxylation is 2. The first kappa shape index (κ1) is 22.3. The maximum absolute atomic E-state index is 12.4. The van der Waals surface area contributed by atoms with Crippen LogP contribution in [0.4, 0.5) is 19.9 Å². The molecule has 12 heteroatoms. The Morgan fingerprint density at radius 1 is 0.933 bits per heavy atom. The highest BCUT2D eigenvalue weighted by atomic mass is 32.1. The molecular formula is C18H28N8O2S2. The highest BCUT2D eigenvalue weighted by Gasteiger charge is 2.42. The minimum atomic E-state index is -0.301. The summed E-state index contributed by atoms with van der Waals surface area (Å²) in [5.74, 6) is 0. The fourth-order valence-corrected chi connectivity index (χ4v) is 5.49. The Labute approximate surface area is 183 Å². The van der Waals surface area contributed by atoms with Crippen molar-refractivity contribution in [1.29, 1.82) is 0 Å². The van der Waals surface area contributed by atoms with E-state index < -0.39 is 0 Å². The van der Waals surface area contributed by atoms with Crippen molar-refractivity contribution in [3.05, 3.63) is 10.0 Å².